The zero-order valence-electron chi connectivity index (χ0n) is 15.7. The molecule has 1 aromatic rings. The molecule has 0 aliphatic rings. The Bertz CT molecular complexity index is 459. The van der Waals surface area contributed by atoms with Crippen LogP contribution >= 0.6 is 0 Å². The SMILES string of the molecule is CCCCCc1ccc(C(C)=O)cc1N(CCCC)CCCC. The fraction of sp³-hybridized carbons (Fsp3) is 0.667. The van der Waals surface area contributed by atoms with Gasteiger partial charge in [-0.3, -0.25) is 4.79 Å². The van der Waals surface area contributed by atoms with Crippen LogP contribution in [0, 0.1) is 0 Å². The van der Waals surface area contributed by atoms with E-state index in [9.17, 15) is 4.79 Å². The van der Waals surface area contributed by atoms with E-state index in [1.54, 1.807) is 6.92 Å². The number of Topliss-reactive ketones (excluding diaryl/α,β-unsaturated/α-hetero) is 1. The third-order valence-corrected chi connectivity index (χ3v) is 4.45. The molecule has 0 fully saturated rings. The molecule has 2 nitrogen and oxygen atoms in total. The molecular formula is C21H35NO. The molecule has 0 heterocycles. The summed E-state index contributed by atoms with van der Waals surface area (Å²) in [5, 5.41) is 0. The second-order valence-corrected chi connectivity index (χ2v) is 6.55. The van der Waals surface area contributed by atoms with Gasteiger partial charge < -0.3 is 4.90 Å². The predicted octanol–water partition coefficient (Wildman–Crippen LogP) is 6.03. The molecule has 0 saturated carbocycles. The first-order chi connectivity index (χ1) is 11.1. The average molecular weight is 318 g/mol. The zero-order chi connectivity index (χ0) is 17.1. The van der Waals surface area contributed by atoms with Gasteiger partial charge in [0.05, 0.1) is 0 Å². The molecule has 1 aromatic carbocycles. The van der Waals surface area contributed by atoms with Crippen LogP contribution in [0.1, 0.15) is 88.6 Å². The van der Waals surface area contributed by atoms with Crippen LogP contribution in [0.5, 0.6) is 0 Å². The molecule has 0 atom stereocenters. The summed E-state index contributed by atoms with van der Waals surface area (Å²) >= 11 is 0. The lowest BCUT2D eigenvalue weighted by Crippen LogP contribution is -2.27. The van der Waals surface area contributed by atoms with Crippen molar-refractivity contribution in [3.63, 3.8) is 0 Å². The van der Waals surface area contributed by atoms with E-state index in [0.717, 1.165) is 25.1 Å². The van der Waals surface area contributed by atoms with Crippen molar-refractivity contribution in [1.29, 1.82) is 0 Å². The van der Waals surface area contributed by atoms with Gasteiger partial charge in [-0.15, -0.1) is 0 Å². The lowest BCUT2D eigenvalue weighted by Gasteiger charge is -2.28. The first-order valence-electron chi connectivity index (χ1n) is 9.52. The molecule has 0 spiro atoms. The van der Waals surface area contributed by atoms with Crippen LogP contribution in [0.25, 0.3) is 0 Å². The molecular weight excluding hydrogens is 282 g/mol. The van der Waals surface area contributed by atoms with Gasteiger partial charge in [-0.25, -0.2) is 0 Å². The topological polar surface area (TPSA) is 20.3 Å². The highest BCUT2D eigenvalue weighted by Crippen LogP contribution is 2.26. The predicted molar refractivity (Wildman–Crippen MR) is 102 cm³/mol. The van der Waals surface area contributed by atoms with Crippen LogP contribution in [-0.4, -0.2) is 18.9 Å². The number of ketones is 1. The van der Waals surface area contributed by atoms with Crippen LogP contribution < -0.4 is 4.90 Å². The number of unbranched alkanes of at least 4 members (excludes halogenated alkanes) is 4. The number of anilines is 1. The summed E-state index contributed by atoms with van der Waals surface area (Å²) < 4.78 is 0. The van der Waals surface area contributed by atoms with Crippen molar-refractivity contribution in [3.8, 4) is 0 Å². The Morgan fingerprint density at radius 1 is 0.913 bits per heavy atom. The van der Waals surface area contributed by atoms with Gasteiger partial charge in [0, 0.05) is 24.3 Å². The summed E-state index contributed by atoms with van der Waals surface area (Å²) in [6, 6.07) is 6.33. The lowest BCUT2D eigenvalue weighted by molar-refractivity contribution is 0.101. The summed E-state index contributed by atoms with van der Waals surface area (Å²) in [7, 11) is 0. The van der Waals surface area contributed by atoms with Gasteiger partial charge >= 0.3 is 0 Å². The van der Waals surface area contributed by atoms with Crippen LogP contribution in [0.4, 0.5) is 5.69 Å². The second kappa shape index (κ2) is 11.3. The Kier molecular flexibility index (Phi) is 9.66. The third-order valence-electron chi connectivity index (χ3n) is 4.45. The molecule has 0 aliphatic carbocycles. The molecule has 1 rings (SSSR count). The van der Waals surface area contributed by atoms with Crippen LogP contribution in [0.15, 0.2) is 18.2 Å². The highest BCUT2D eigenvalue weighted by molar-refractivity contribution is 5.95. The van der Waals surface area contributed by atoms with Gasteiger partial charge in [0.2, 0.25) is 0 Å². The molecule has 0 aliphatic heterocycles. The lowest BCUT2D eigenvalue weighted by atomic mass is 10.00. The van der Waals surface area contributed by atoms with Crippen LogP contribution in [0.3, 0.4) is 0 Å². The highest BCUT2D eigenvalue weighted by Gasteiger charge is 2.13. The number of rotatable bonds is 12. The number of nitrogens with zero attached hydrogens (tertiary/aromatic N) is 1. The highest BCUT2D eigenvalue weighted by atomic mass is 16.1. The van der Waals surface area contributed by atoms with Crippen molar-refractivity contribution in [1.82, 2.24) is 0 Å². The number of benzene rings is 1. The summed E-state index contributed by atoms with van der Waals surface area (Å²) in [5.41, 5.74) is 3.56. The van der Waals surface area contributed by atoms with E-state index in [0.29, 0.717) is 0 Å². The summed E-state index contributed by atoms with van der Waals surface area (Å²) in [5.74, 6) is 0.164. The quantitative estimate of drug-likeness (QED) is 0.346. The first-order valence-corrected chi connectivity index (χ1v) is 9.52. The second-order valence-electron chi connectivity index (χ2n) is 6.55. The largest absolute Gasteiger partial charge is 0.371 e. The van der Waals surface area contributed by atoms with E-state index in [1.807, 2.05) is 6.07 Å². The normalized spacial score (nSPS) is 10.8. The Morgan fingerprint density at radius 3 is 2.04 bits per heavy atom. The van der Waals surface area contributed by atoms with E-state index >= 15 is 0 Å². The minimum absolute atomic E-state index is 0.164. The molecule has 23 heavy (non-hydrogen) atoms. The number of hydrogen-bond donors (Lipinski definition) is 0. The Labute approximate surface area is 143 Å². The maximum Gasteiger partial charge on any atom is 0.159 e. The monoisotopic (exact) mass is 317 g/mol. The molecule has 0 amide bonds. The summed E-state index contributed by atoms with van der Waals surface area (Å²) in [4.78, 5) is 14.3. The van der Waals surface area contributed by atoms with Gasteiger partial charge in [-0.2, -0.15) is 0 Å². The maximum atomic E-state index is 11.8. The fourth-order valence-corrected chi connectivity index (χ4v) is 2.90. The van der Waals surface area contributed by atoms with E-state index in [-0.39, 0.29) is 5.78 Å². The molecule has 0 N–H and O–H groups in total. The van der Waals surface area contributed by atoms with Crippen LogP contribution in [-0.2, 0) is 6.42 Å². The van der Waals surface area contributed by atoms with Gasteiger partial charge in [-0.05, 0) is 44.2 Å². The molecule has 0 radical (unpaired) electrons. The van der Waals surface area contributed by atoms with E-state index in [1.165, 1.54) is 56.2 Å². The number of aryl methyl sites for hydroxylation is 1. The number of carbonyl (C=O) groups excluding carboxylic acids is 1. The fourth-order valence-electron chi connectivity index (χ4n) is 2.90. The standard InChI is InChI=1S/C21H35NO/c1-5-8-11-12-19-13-14-20(18(4)23)17-21(19)22(15-9-6-2)16-10-7-3/h13-14,17H,5-12,15-16H2,1-4H3. The third kappa shape index (κ3) is 6.76. The Morgan fingerprint density at radius 2 is 1.52 bits per heavy atom. The van der Waals surface area contributed by atoms with Crippen molar-refractivity contribution in [2.24, 2.45) is 0 Å². The van der Waals surface area contributed by atoms with Crippen LogP contribution in [0.2, 0.25) is 0 Å². The minimum Gasteiger partial charge on any atom is -0.371 e. The Hall–Kier alpha value is -1.31. The smallest absolute Gasteiger partial charge is 0.159 e. The molecule has 0 saturated heterocycles. The van der Waals surface area contributed by atoms with Crippen molar-refractivity contribution in [3.05, 3.63) is 29.3 Å². The molecule has 0 bridgehead atoms. The van der Waals surface area contributed by atoms with Crippen molar-refractivity contribution in [2.75, 3.05) is 18.0 Å². The minimum atomic E-state index is 0.164. The summed E-state index contributed by atoms with van der Waals surface area (Å²) in [6.07, 6.45) is 9.72. The van der Waals surface area contributed by atoms with Gasteiger partial charge in [0.25, 0.3) is 0 Å². The van der Waals surface area contributed by atoms with E-state index in [2.05, 4.69) is 37.8 Å². The average Bonchev–Trinajstić information content (AvgIpc) is 2.55. The van der Waals surface area contributed by atoms with Crippen molar-refractivity contribution < 1.29 is 4.79 Å². The number of carbonyl (C=O) groups is 1. The van der Waals surface area contributed by atoms with E-state index < -0.39 is 0 Å². The van der Waals surface area contributed by atoms with E-state index in [4.69, 9.17) is 0 Å². The van der Waals surface area contributed by atoms with Gasteiger partial charge in [-0.1, -0.05) is 58.6 Å². The Balaban J connectivity index is 3.05. The summed E-state index contributed by atoms with van der Waals surface area (Å²) in [6.45, 7) is 10.6. The van der Waals surface area contributed by atoms with Crippen molar-refractivity contribution in [2.45, 2.75) is 79.1 Å². The van der Waals surface area contributed by atoms with Crippen molar-refractivity contribution >= 4 is 11.5 Å². The molecule has 0 unspecified atom stereocenters. The first kappa shape index (κ1) is 19.7. The van der Waals surface area contributed by atoms with Gasteiger partial charge in [0.1, 0.15) is 0 Å². The molecule has 0 aromatic heterocycles. The molecule has 2 heteroatoms. The van der Waals surface area contributed by atoms with Gasteiger partial charge in [0.15, 0.2) is 5.78 Å². The molecule has 130 valence electrons. The number of hydrogen-bond acceptors (Lipinski definition) is 2. The zero-order valence-corrected chi connectivity index (χ0v) is 15.7. The maximum absolute atomic E-state index is 11.8.